The Labute approximate surface area is 129 Å². The lowest BCUT2D eigenvalue weighted by Crippen LogP contribution is -2.13. The fourth-order valence-electron chi connectivity index (χ4n) is 1.58. The second-order valence-electron chi connectivity index (χ2n) is 4.01. The van der Waals surface area contributed by atoms with Crippen molar-refractivity contribution in [2.75, 3.05) is 4.72 Å². The zero-order valence-electron chi connectivity index (χ0n) is 10.4. The summed E-state index contributed by atoms with van der Waals surface area (Å²) in [6.07, 6.45) is 0. The summed E-state index contributed by atoms with van der Waals surface area (Å²) in [5.74, 6) is -0.636. The van der Waals surface area contributed by atoms with Crippen molar-refractivity contribution in [3.8, 4) is 0 Å². The number of carbonyl (C=O) groups is 1. The van der Waals surface area contributed by atoms with Crippen LogP contribution in [0.4, 0.5) is 5.69 Å². The van der Waals surface area contributed by atoms with E-state index >= 15 is 0 Å². The Morgan fingerprint density at radius 2 is 1.90 bits per heavy atom. The predicted molar refractivity (Wildman–Crippen MR) is 82.5 cm³/mol. The molecule has 8 heteroatoms. The van der Waals surface area contributed by atoms with Gasteiger partial charge in [0, 0.05) is 15.0 Å². The summed E-state index contributed by atoms with van der Waals surface area (Å²) in [6.45, 7) is 1.63. The van der Waals surface area contributed by atoms with Crippen LogP contribution in [0.5, 0.6) is 0 Å². The summed E-state index contributed by atoms with van der Waals surface area (Å²) in [4.78, 5) is 11.9. The molecule has 3 N–H and O–H groups in total. The summed E-state index contributed by atoms with van der Waals surface area (Å²) in [5, 5.41) is 0. The van der Waals surface area contributed by atoms with Gasteiger partial charge in [-0.1, -0.05) is 15.9 Å². The van der Waals surface area contributed by atoms with E-state index in [4.69, 9.17) is 5.73 Å². The maximum Gasteiger partial charge on any atom is 0.263 e. The minimum Gasteiger partial charge on any atom is -0.365 e. The number of nitrogens with two attached hydrogens (primary N) is 1. The molecule has 2 aromatic rings. The smallest absolute Gasteiger partial charge is 0.263 e. The van der Waals surface area contributed by atoms with E-state index in [2.05, 4.69) is 20.7 Å². The van der Waals surface area contributed by atoms with E-state index in [0.717, 1.165) is 15.8 Å². The molecule has 1 aromatic carbocycles. The number of aryl methyl sites for hydroxylation is 1. The van der Waals surface area contributed by atoms with Crippen LogP contribution in [0.15, 0.2) is 39.7 Å². The van der Waals surface area contributed by atoms with Crippen LogP contribution in [0.25, 0.3) is 0 Å². The molecule has 20 heavy (non-hydrogen) atoms. The second-order valence-corrected chi connectivity index (χ2v) is 7.83. The monoisotopic (exact) mass is 374 g/mol. The number of rotatable bonds is 4. The Hall–Kier alpha value is -1.38. The summed E-state index contributed by atoms with van der Waals surface area (Å²) < 4.78 is 27.9. The number of carbonyl (C=O) groups excluding carboxylic acids is 1. The summed E-state index contributed by atoms with van der Waals surface area (Å²) in [5.41, 5.74) is 5.60. The molecule has 1 aromatic heterocycles. The van der Waals surface area contributed by atoms with Gasteiger partial charge in [-0.25, -0.2) is 8.42 Å². The molecule has 0 saturated carbocycles. The normalized spacial score (nSPS) is 11.3. The van der Waals surface area contributed by atoms with Gasteiger partial charge in [0.05, 0.1) is 4.88 Å². The Morgan fingerprint density at radius 3 is 2.40 bits per heavy atom. The molecule has 0 fully saturated rings. The van der Waals surface area contributed by atoms with Gasteiger partial charge in [0.25, 0.3) is 15.9 Å². The first kappa shape index (κ1) is 15.0. The molecule has 0 aliphatic carbocycles. The lowest BCUT2D eigenvalue weighted by Gasteiger charge is -2.07. The first-order chi connectivity index (χ1) is 9.29. The molecule has 2 rings (SSSR count). The first-order valence-corrected chi connectivity index (χ1v) is 8.57. The number of sulfonamides is 1. The Balaban J connectivity index is 2.35. The number of anilines is 1. The highest BCUT2D eigenvalue weighted by Crippen LogP contribution is 2.27. The van der Waals surface area contributed by atoms with E-state index in [9.17, 15) is 13.2 Å². The number of benzene rings is 1. The largest absolute Gasteiger partial charge is 0.365 e. The molecular weight excluding hydrogens is 364 g/mol. The third kappa shape index (κ3) is 3.20. The summed E-state index contributed by atoms with van der Waals surface area (Å²) >= 11 is 4.34. The molecule has 0 aliphatic heterocycles. The average molecular weight is 375 g/mol. The van der Waals surface area contributed by atoms with Gasteiger partial charge in [-0.2, -0.15) is 0 Å². The van der Waals surface area contributed by atoms with Crippen molar-refractivity contribution in [1.82, 2.24) is 0 Å². The highest BCUT2D eigenvalue weighted by Gasteiger charge is 2.21. The van der Waals surface area contributed by atoms with Crippen molar-refractivity contribution >= 4 is 48.9 Å². The number of thiophene rings is 1. The van der Waals surface area contributed by atoms with Gasteiger partial charge in [0.2, 0.25) is 0 Å². The average Bonchev–Trinajstić information content (AvgIpc) is 2.75. The molecule has 0 bridgehead atoms. The van der Waals surface area contributed by atoms with Crippen molar-refractivity contribution in [1.29, 1.82) is 0 Å². The number of nitrogens with one attached hydrogen (secondary N) is 1. The van der Waals surface area contributed by atoms with Crippen LogP contribution in [0.1, 0.15) is 14.5 Å². The predicted octanol–water partition coefficient (Wildman–Crippen LogP) is 2.72. The number of primary amides is 1. The fraction of sp³-hybridized carbons (Fsp3) is 0.0833. The van der Waals surface area contributed by atoms with Crippen molar-refractivity contribution in [2.24, 2.45) is 5.73 Å². The lowest BCUT2D eigenvalue weighted by atomic mass is 10.3. The van der Waals surface area contributed by atoms with Crippen molar-refractivity contribution in [3.63, 3.8) is 0 Å². The lowest BCUT2D eigenvalue weighted by molar-refractivity contribution is 0.100. The maximum atomic E-state index is 12.3. The van der Waals surface area contributed by atoms with Gasteiger partial charge in [0.1, 0.15) is 4.90 Å². The molecule has 0 spiro atoms. The van der Waals surface area contributed by atoms with Crippen molar-refractivity contribution < 1.29 is 13.2 Å². The molecule has 5 nitrogen and oxygen atoms in total. The second kappa shape index (κ2) is 5.55. The van der Waals surface area contributed by atoms with Gasteiger partial charge < -0.3 is 5.73 Å². The minimum atomic E-state index is -3.73. The van der Waals surface area contributed by atoms with Crippen LogP contribution in [-0.2, 0) is 10.0 Å². The number of hydrogen-bond acceptors (Lipinski definition) is 4. The van der Waals surface area contributed by atoms with Crippen LogP contribution in [0.2, 0.25) is 0 Å². The van der Waals surface area contributed by atoms with E-state index in [0.29, 0.717) is 10.6 Å². The zero-order valence-corrected chi connectivity index (χ0v) is 13.6. The third-order valence-corrected chi connectivity index (χ3v) is 5.73. The third-order valence-electron chi connectivity index (χ3n) is 2.50. The van der Waals surface area contributed by atoms with Gasteiger partial charge in [-0.15, -0.1) is 11.3 Å². The van der Waals surface area contributed by atoms with Gasteiger partial charge in [-0.3, -0.25) is 9.52 Å². The molecule has 0 unspecified atom stereocenters. The fourth-order valence-corrected chi connectivity index (χ4v) is 4.35. The van der Waals surface area contributed by atoms with Gasteiger partial charge in [0.15, 0.2) is 0 Å². The van der Waals surface area contributed by atoms with E-state index in [-0.39, 0.29) is 9.77 Å². The molecule has 0 aliphatic rings. The van der Waals surface area contributed by atoms with Crippen LogP contribution >= 0.6 is 27.3 Å². The molecule has 0 atom stereocenters. The van der Waals surface area contributed by atoms with E-state index in [1.165, 1.54) is 6.07 Å². The van der Waals surface area contributed by atoms with E-state index < -0.39 is 15.9 Å². The quantitative estimate of drug-likeness (QED) is 0.861. The summed E-state index contributed by atoms with van der Waals surface area (Å²) in [7, 11) is -3.73. The standard InChI is InChI=1S/C12H11BrN2O3S2/c1-7-11(6-10(19-7)12(14)16)20(17,18)15-9-4-2-8(13)3-5-9/h2-6,15H,1H3,(H2,14,16). The van der Waals surface area contributed by atoms with Crippen LogP contribution in [0.3, 0.4) is 0 Å². The molecule has 1 amide bonds. The van der Waals surface area contributed by atoms with Crippen LogP contribution < -0.4 is 10.5 Å². The SMILES string of the molecule is Cc1sc(C(N)=O)cc1S(=O)(=O)Nc1ccc(Br)cc1. The highest BCUT2D eigenvalue weighted by molar-refractivity contribution is 9.10. The topological polar surface area (TPSA) is 89.3 Å². The number of amides is 1. The highest BCUT2D eigenvalue weighted by atomic mass is 79.9. The van der Waals surface area contributed by atoms with Gasteiger partial charge >= 0.3 is 0 Å². The number of hydrogen-bond donors (Lipinski definition) is 2. The Morgan fingerprint density at radius 1 is 1.30 bits per heavy atom. The minimum absolute atomic E-state index is 0.0687. The Bertz CT molecular complexity index is 752. The van der Waals surface area contributed by atoms with Crippen molar-refractivity contribution in [2.45, 2.75) is 11.8 Å². The molecule has 0 radical (unpaired) electrons. The summed E-state index contributed by atoms with van der Waals surface area (Å²) in [6, 6.07) is 8.03. The van der Waals surface area contributed by atoms with Crippen LogP contribution in [-0.4, -0.2) is 14.3 Å². The maximum absolute atomic E-state index is 12.3. The van der Waals surface area contributed by atoms with Crippen LogP contribution in [0, 0.1) is 6.92 Å². The molecular formula is C12H11BrN2O3S2. The van der Waals surface area contributed by atoms with Gasteiger partial charge in [-0.05, 0) is 37.3 Å². The van der Waals surface area contributed by atoms with E-state index in [1.807, 2.05) is 0 Å². The zero-order chi connectivity index (χ0) is 14.9. The van der Waals surface area contributed by atoms with Crippen molar-refractivity contribution in [3.05, 3.63) is 44.6 Å². The number of halogens is 1. The Kier molecular flexibility index (Phi) is 4.17. The first-order valence-electron chi connectivity index (χ1n) is 5.48. The molecule has 0 saturated heterocycles. The van der Waals surface area contributed by atoms with E-state index in [1.54, 1.807) is 31.2 Å². The molecule has 106 valence electrons. The molecule has 1 heterocycles.